The molecule has 1 atom stereocenters. The van der Waals surface area contributed by atoms with Crippen LogP contribution in [0.2, 0.25) is 5.02 Å². The van der Waals surface area contributed by atoms with E-state index in [4.69, 9.17) is 31.5 Å². The number of para-hydroxylation sites is 2. The number of hydrogen-bond donors (Lipinski definition) is 2. The minimum absolute atomic E-state index is 0.174. The Kier molecular flexibility index (Phi) is 8.94. The fraction of sp³-hybridized carbons (Fsp3) is 0.417. The lowest BCUT2D eigenvalue weighted by Crippen LogP contribution is -2.48. The molecule has 0 spiro atoms. The molecule has 33 heavy (non-hydrogen) atoms. The van der Waals surface area contributed by atoms with E-state index in [1.54, 1.807) is 30.3 Å². The van der Waals surface area contributed by atoms with Gasteiger partial charge in [0, 0.05) is 11.6 Å². The Balaban J connectivity index is 1.86. The molecule has 0 bridgehead atoms. The second-order valence-electron chi connectivity index (χ2n) is 8.19. The summed E-state index contributed by atoms with van der Waals surface area (Å²) in [5.41, 5.74) is 6.48. The summed E-state index contributed by atoms with van der Waals surface area (Å²) in [5.74, 6) is 0.984. The van der Waals surface area contributed by atoms with Gasteiger partial charge in [0.1, 0.15) is 6.61 Å². The molecule has 1 aliphatic heterocycles. The third kappa shape index (κ3) is 7.35. The number of benzene rings is 2. The molecule has 178 valence electrons. The van der Waals surface area contributed by atoms with E-state index in [0.29, 0.717) is 47.6 Å². The first-order valence-corrected chi connectivity index (χ1v) is 11.3. The van der Waals surface area contributed by atoms with Crippen LogP contribution in [0, 0.1) is 5.92 Å². The third-order valence-electron chi connectivity index (χ3n) is 4.96. The number of halogens is 1. The summed E-state index contributed by atoms with van der Waals surface area (Å²) >= 11 is 6.16. The van der Waals surface area contributed by atoms with Gasteiger partial charge in [-0.1, -0.05) is 37.6 Å². The average Bonchev–Trinajstić information content (AvgIpc) is 2.77. The molecular formula is C24H30ClN3O5. The van der Waals surface area contributed by atoms with E-state index in [0.717, 1.165) is 0 Å². The Hall–Kier alpha value is -2.81. The minimum atomic E-state index is -0.692. The SMILES string of the molecule is CC(C)C[C@@H](N)C(=O)N1CCOCCOc2ccccc2Oc2ccc(Cl)cc2NC(=O)C1. The van der Waals surface area contributed by atoms with E-state index < -0.39 is 11.9 Å². The standard InChI is InChI=1S/C24H30ClN3O5/c1-16(2)13-18(26)24(30)28-9-10-31-11-12-32-21-5-3-4-6-22(21)33-20-8-7-17(25)14-19(20)27-23(29)15-28/h3-8,14,16,18H,9-13,15,26H2,1-2H3,(H,27,29)/t18-/m1/s1. The van der Waals surface area contributed by atoms with Crippen molar-refractivity contribution in [2.45, 2.75) is 26.3 Å². The quantitative estimate of drug-likeness (QED) is 0.701. The fourth-order valence-electron chi connectivity index (χ4n) is 3.42. The number of hydrogen-bond acceptors (Lipinski definition) is 6. The van der Waals surface area contributed by atoms with Crippen LogP contribution in [-0.2, 0) is 14.3 Å². The first kappa shape index (κ1) is 24.8. The molecule has 9 heteroatoms. The van der Waals surface area contributed by atoms with Crippen LogP contribution in [0.3, 0.4) is 0 Å². The molecule has 3 N–H and O–H groups in total. The van der Waals surface area contributed by atoms with Gasteiger partial charge in [-0.25, -0.2) is 0 Å². The molecule has 0 saturated carbocycles. The summed E-state index contributed by atoms with van der Waals surface area (Å²) in [5, 5.41) is 3.23. The molecule has 2 amide bonds. The molecule has 8 nitrogen and oxygen atoms in total. The van der Waals surface area contributed by atoms with Crippen LogP contribution in [0.1, 0.15) is 20.3 Å². The van der Waals surface area contributed by atoms with Crippen molar-refractivity contribution in [3.05, 3.63) is 47.5 Å². The van der Waals surface area contributed by atoms with E-state index in [1.807, 2.05) is 26.0 Å². The summed E-state index contributed by atoms with van der Waals surface area (Å²) in [6.07, 6.45) is 0.524. The number of nitrogens with zero attached hydrogens (tertiary/aromatic N) is 1. The van der Waals surface area contributed by atoms with Gasteiger partial charge >= 0.3 is 0 Å². The number of anilines is 1. The van der Waals surface area contributed by atoms with Crippen LogP contribution >= 0.6 is 11.6 Å². The van der Waals surface area contributed by atoms with Crippen LogP contribution in [-0.4, -0.2) is 55.7 Å². The van der Waals surface area contributed by atoms with Crippen molar-refractivity contribution in [3.63, 3.8) is 0 Å². The molecule has 2 aromatic rings. The van der Waals surface area contributed by atoms with Crippen LogP contribution < -0.4 is 20.5 Å². The topological polar surface area (TPSA) is 103 Å². The summed E-state index contributed by atoms with van der Waals surface area (Å²) in [7, 11) is 0. The number of fused-ring (bicyclic) bond motifs is 2. The minimum Gasteiger partial charge on any atom is -0.487 e. The van der Waals surface area contributed by atoms with Gasteiger partial charge in [-0.3, -0.25) is 9.59 Å². The maximum atomic E-state index is 12.9. The van der Waals surface area contributed by atoms with Gasteiger partial charge in [0.05, 0.1) is 31.5 Å². The molecule has 1 aliphatic rings. The van der Waals surface area contributed by atoms with Gasteiger partial charge in [0.25, 0.3) is 0 Å². The number of carbonyl (C=O) groups excluding carboxylic acids is 2. The third-order valence-corrected chi connectivity index (χ3v) is 5.20. The number of ether oxygens (including phenoxy) is 3. The molecule has 3 rings (SSSR count). The van der Waals surface area contributed by atoms with Crippen LogP contribution in [0.4, 0.5) is 5.69 Å². The lowest BCUT2D eigenvalue weighted by molar-refractivity contribution is -0.137. The maximum absolute atomic E-state index is 12.9. The van der Waals surface area contributed by atoms with Crippen LogP contribution in [0.15, 0.2) is 42.5 Å². The van der Waals surface area contributed by atoms with E-state index in [1.165, 1.54) is 4.90 Å². The van der Waals surface area contributed by atoms with Gasteiger partial charge < -0.3 is 30.2 Å². The lowest BCUT2D eigenvalue weighted by Gasteiger charge is -2.26. The zero-order valence-electron chi connectivity index (χ0n) is 18.9. The summed E-state index contributed by atoms with van der Waals surface area (Å²) in [6.45, 7) is 4.90. The van der Waals surface area contributed by atoms with Crippen molar-refractivity contribution in [3.8, 4) is 17.2 Å². The highest BCUT2D eigenvalue weighted by atomic mass is 35.5. The Morgan fingerprint density at radius 1 is 1.12 bits per heavy atom. The smallest absolute Gasteiger partial charge is 0.244 e. The van der Waals surface area contributed by atoms with Gasteiger partial charge in [-0.05, 0) is 42.7 Å². The highest BCUT2D eigenvalue weighted by molar-refractivity contribution is 6.31. The summed E-state index contributed by atoms with van der Waals surface area (Å²) in [6, 6.07) is 11.5. The van der Waals surface area contributed by atoms with Crippen molar-refractivity contribution in [1.82, 2.24) is 4.90 Å². The second kappa shape index (κ2) is 11.9. The van der Waals surface area contributed by atoms with Crippen molar-refractivity contribution in [2.75, 3.05) is 38.2 Å². The molecule has 0 unspecified atom stereocenters. The van der Waals surface area contributed by atoms with E-state index in [9.17, 15) is 9.59 Å². The monoisotopic (exact) mass is 475 g/mol. The first-order valence-electron chi connectivity index (χ1n) is 10.9. The van der Waals surface area contributed by atoms with Crippen molar-refractivity contribution in [1.29, 1.82) is 0 Å². The molecule has 1 heterocycles. The van der Waals surface area contributed by atoms with Gasteiger partial charge in [0.2, 0.25) is 11.8 Å². The van der Waals surface area contributed by atoms with Gasteiger partial charge in [0.15, 0.2) is 17.2 Å². The number of amides is 2. The highest BCUT2D eigenvalue weighted by Gasteiger charge is 2.24. The zero-order chi connectivity index (χ0) is 23.8. The largest absolute Gasteiger partial charge is 0.487 e. The van der Waals surface area contributed by atoms with Crippen molar-refractivity contribution < 1.29 is 23.8 Å². The predicted octanol–water partition coefficient (Wildman–Crippen LogP) is 3.68. The molecule has 0 aliphatic carbocycles. The Bertz CT molecular complexity index is 969. The zero-order valence-corrected chi connectivity index (χ0v) is 19.6. The highest BCUT2D eigenvalue weighted by Crippen LogP contribution is 2.36. The lowest BCUT2D eigenvalue weighted by atomic mass is 10.0. The second-order valence-corrected chi connectivity index (χ2v) is 8.63. The van der Waals surface area contributed by atoms with Crippen LogP contribution in [0.25, 0.3) is 0 Å². The Morgan fingerprint density at radius 3 is 2.64 bits per heavy atom. The number of nitrogens with two attached hydrogens (primary N) is 1. The normalized spacial score (nSPS) is 16.3. The first-order chi connectivity index (χ1) is 15.8. The Morgan fingerprint density at radius 2 is 1.88 bits per heavy atom. The molecule has 0 saturated heterocycles. The van der Waals surface area contributed by atoms with Gasteiger partial charge in [-0.15, -0.1) is 0 Å². The van der Waals surface area contributed by atoms with Crippen molar-refractivity contribution >= 4 is 29.1 Å². The number of nitrogens with one attached hydrogen (secondary N) is 1. The maximum Gasteiger partial charge on any atom is 0.244 e. The van der Waals surface area contributed by atoms with E-state index in [2.05, 4.69) is 5.32 Å². The van der Waals surface area contributed by atoms with Crippen LogP contribution in [0.5, 0.6) is 17.2 Å². The summed E-state index contributed by atoms with van der Waals surface area (Å²) < 4.78 is 17.5. The molecule has 2 aromatic carbocycles. The average molecular weight is 476 g/mol. The van der Waals surface area contributed by atoms with Crippen molar-refractivity contribution in [2.24, 2.45) is 11.7 Å². The predicted molar refractivity (Wildman–Crippen MR) is 127 cm³/mol. The molecule has 0 aromatic heterocycles. The molecular weight excluding hydrogens is 446 g/mol. The molecule has 0 radical (unpaired) electrons. The molecule has 0 fully saturated rings. The van der Waals surface area contributed by atoms with E-state index >= 15 is 0 Å². The number of carbonyl (C=O) groups is 2. The summed E-state index contributed by atoms with van der Waals surface area (Å²) in [4.78, 5) is 27.2. The number of rotatable bonds is 3. The Labute approximate surface area is 198 Å². The fourth-order valence-corrected chi connectivity index (χ4v) is 3.59. The van der Waals surface area contributed by atoms with Gasteiger partial charge in [-0.2, -0.15) is 0 Å². The van der Waals surface area contributed by atoms with E-state index in [-0.39, 0.29) is 31.5 Å².